The highest BCUT2D eigenvalue weighted by Crippen LogP contribution is 2.33. The molecule has 2 aromatic rings. The number of phenols is 1. The molecule has 0 heterocycles. The monoisotopic (exact) mass is 374 g/mol. The molecule has 0 saturated carbocycles. The smallest absolute Gasteiger partial charge is 0.339 e. The van der Waals surface area contributed by atoms with Crippen molar-refractivity contribution in [3.05, 3.63) is 56.8 Å². The molecule has 2 N–H and O–H groups in total. The van der Waals surface area contributed by atoms with Gasteiger partial charge in [0.05, 0.1) is 9.50 Å². The molecule has 0 aliphatic rings. The topological polar surface area (TPSA) is 66.8 Å². The number of hydrogen-bond donors (Lipinski definition) is 2. The third-order valence-electron chi connectivity index (χ3n) is 2.68. The number of carboxylic acids is 1. The van der Waals surface area contributed by atoms with Crippen molar-refractivity contribution in [2.45, 2.75) is 6.61 Å². The Kier molecular flexibility index (Phi) is 4.69. The molecule has 2 rings (SSSR count). The van der Waals surface area contributed by atoms with Crippen molar-refractivity contribution in [3.63, 3.8) is 0 Å². The molecule has 0 spiro atoms. The van der Waals surface area contributed by atoms with Crippen molar-refractivity contribution < 1.29 is 24.1 Å². The average molecular weight is 376 g/mol. The Labute approximate surface area is 132 Å². The molecule has 110 valence electrons. The maximum Gasteiger partial charge on any atom is 0.339 e. The first-order chi connectivity index (χ1) is 9.88. The van der Waals surface area contributed by atoms with E-state index in [1.54, 1.807) is 0 Å². The minimum absolute atomic E-state index is 0.0371. The third-order valence-corrected chi connectivity index (χ3v) is 3.63. The first-order valence-electron chi connectivity index (χ1n) is 5.71. The number of carbonyl (C=O) groups is 1. The molecule has 0 fully saturated rings. The Bertz CT molecular complexity index is 706. The quantitative estimate of drug-likeness (QED) is 0.839. The van der Waals surface area contributed by atoms with Gasteiger partial charge >= 0.3 is 5.97 Å². The van der Waals surface area contributed by atoms with Crippen LogP contribution in [0, 0.1) is 5.82 Å². The van der Waals surface area contributed by atoms with E-state index in [1.165, 1.54) is 24.3 Å². The minimum atomic E-state index is -1.28. The van der Waals surface area contributed by atoms with E-state index in [2.05, 4.69) is 15.9 Å². The maximum absolute atomic E-state index is 12.9. The number of aromatic hydroxyl groups is 1. The number of ether oxygens (including phenoxy) is 1. The van der Waals surface area contributed by atoms with Gasteiger partial charge in [-0.25, -0.2) is 9.18 Å². The molecule has 0 unspecified atom stereocenters. The average Bonchev–Trinajstić information content (AvgIpc) is 2.41. The van der Waals surface area contributed by atoms with E-state index in [9.17, 15) is 14.3 Å². The number of hydrogen-bond acceptors (Lipinski definition) is 3. The van der Waals surface area contributed by atoms with E-state index in [0.717, 1.165) is 6.07 Å². The van der Waals surface area contributed by atoms with Gasteiger partial charge in [0.1, 0.15) is 29.5 Å². The van der Waals surface area contributed by atoms with Crippen LogP contribution in [0.1, 0.15) is 15.9 Å². The van der Waals surface area contributed by atoms with E-state index in [-0.39, 0.29) is 33.2 Å². The lowest BCUT2D eigenvalue weighted by Gasteiger charge is -2.10. The molecule has 4 nitrogen and oxygen atoms in total. The van der Waals surface area contributed by atoms with Crippen molar-refractivity contribution >= 4 is 33.5 Å². The molecular weight excluding hydrogens is 367 g/mol. The Morgan fingerprint density at radius 3 is 2.67 bits per heavy atom. The number of carboxylic acid groups (broad SMARTS) is 1. The van der Waals surface area contributed by atoms with Crippen molar-refractivity contribution in [1.29, 1.82) is 0 Å². The van der Waals surface area contributed by atoms with E-state index < -0.39 is 11.8 Å². The fourth-order valence-corrected chi connectivity index (χ4v) is 2.28. The standard InChI is InChI=1S/C14H9BrClFO4/c15-11-5-9(4-10(13(11)18)14(19)20)21-6-7-1-2-8(17)3-12(7)16/h1-5,18H,6H2,(H,19,20). The van der Waals surface area contributed by atoms with Gasteiger partial charge in [-0.05, 0) is 40.2 Å². The Hall–Kier alpha value is -1.79. The lowest BCUT2D eigenvalue weighted by atomic mass is 10.2. The summed E-state index contributed by atoms with van der Waals surface area (Å²) < 4.78 is 18.6. The van der Waals surface area contributed by atoms with Gasteiger partial charge in [-0.3, -0.25) is 0 Å². The van der Waals surface area contributed by atoms with Gasteiger partial charge in [-0.2, -0.15) is 0 Å². The molecule has 0 aliphatic carbocycles. The molecule has 0 amide bonds. The predicted molar refractivity (Wildman–Crippen MR) is 78.5 cm³/mol. The first-order valence-corrected chi connectivity index (χ1v) is 6.88. The second-order valence-electron chi connectivity index (χ2n) is 4.13. The van der Waals surface area contributed by atoms with Crippen LogP contribution >= 0.6 is 27.5 Å². The second kappa shape index (κ2) is 6.32. The summed E-state index contributed by atoms with van der Waals surface area (Å²) >= 11 is 8.92. The number of rotatable bonds is 4. The van der Waals surface area contributed by atoms with E-state index in [4.69, 9.17) is 21.4 Å². The van der Waals surface area contributed by atoms with Gasteiger partial charge in [0.25, 0.3) is 0 Å². The Morgan fingerprint density at radius 2 is 2.05 bits per heavy atom. The van der Waals surface area contributed by atoms with E-state index in [1.807, 2.05) is 0 Å². The largest absolute Gasteiger partial charge is 0.506 e. The number of benzene rings is 2. The molecule has 0 atom stereocenters. The summed E-state index contributed by atoms with van der Waals surface area (Å²) in [4.78, 5) is 11.0. The molecule has 2 aromatic carbocycles. The highest BCUT2D eigenvalue weighted by Gasteiger charge is 2.15. The predicted octanol–water partition coefficient (Wildman–Crippen LogP) is 4.22. The molecular formula is C14H9BrClFO4. The van der Waals surface area contributed by atoms with Crippen LogP contribution in [0.3, 0.4) is 0 Å². The van der Waals surface area contributed by atoms with Gasteiger partial charge in [0, 0.05) is 5.56 Å². The zero-order valence-corrected chi connectivity index (χ0v) is 12.8. The molecule has 0 aromatic heterocycles. The molecule has 7 heteroatoms. The number of halogens is 3. The van der Waals surface area contributed by atoms with Crippen LogP contribution in [0.2, 0.25) is 5.02 Å². The van der Waals surface area contributed by atoms with Crippen molar-refractivity contribution in [3.8, 4) is 11.5 Å². The summed E-state index contributed by atoms with van der Waals surface area (Å²) in [6.07, 6.45) is 0. The van der Waals surface area contributed by atoms with Crippen molar-refractivity contribution in [2.24, 2.45) is 0 Å². The van der Waals surface area contributed by atoms with Crippen LogP contribution < -0.4 is 4.74 Å². The molecule has 21 heavy (non-hydrogen) atoms. The first kappa shape index (κ1) is 15.6. The highest BCUT2D eigenvalue weighted by atomic mass is 79.9. The highest BCUT2D eigenvalue weighted by molar-refractivity contribution is 9.10. The number of aromatic carboxylic acids is 1. The normalized spacial score (nSPS) is 10.4. The molecule has 0 radical (unpaired) electrons. The van der Waals surface area contributed by atoms with Gasteiger partial charge < -0.3 is 14.9 Å². The summed E-state index contributed by atoms with van der Waals surface area (Å²) in [5, 5.41) is 18.8. The summed E-state index contributed by atoms with van der Waals surface area (Å²) in [5.74, 6) is -1.88. The third kappa shape index (κ3) is 3.65. The Morgan fingerprint density at radius 1 is 1.33 bits per heavy atom. The minimum Gasteiger partial charge on any atom is -0.506 e. The summed E-state index contributed by atoms with van der Waals surface area (Å²) in [6.45, 7) is 0.0371. The van der Waals surface area contributed by atoms with Crippen LogP contribution in [0.5, 0.6) is 11.5 Å². The van der Waals surface area contributed by atoms with Crippen LogP contribution in [-0.2, 0) is 6.61 Å². The van der Waals surface area contributed by atoms with E-state index in [0.29, 0.717) is 5.56 Å². The van der Waals surface area contributed by atoms with Crippen molar-refractivity contribution in [1.82, 2.24) is 0 Å². The Balaban J connectivity index is 2.22. The lowest BCUT2D eigenvalue weighted by molar-refractivity contribution is 0.0693. The fraction of sp³-hybridized carbons (Fsp3) is 0.0714. The maximum atomic E-state index is 12.9. The summed E-state index contributed by atoms with van der Waals surface area (Å²) in [7, 11) is 0. The van der Waals surface area contributed by atoms with Crippen LogP contribution in [0.15, 0.2) is 34.8 Å². The SMILES string of the molecule is O=C(O)c1cc(OCc2ccc(F)cc2Cl)cc(Br)c1O. The molecule has 0 bridgehead atoms. The second-order valence-corrected chi connectivity index (χ2v) is 5.39. The van der Waals surface area contributed by atoms with Crippen LogP contribution in [0.4, 0.5) is 4.39 Å². The van der Waals surface area contributed by atoms with Gasteiger partial charge in [0.2, 0.25) is 0 Å². The fourth-order valence-electron chi connectivity index (χ4n) is 1.62. The summed E-state index contributed by atoms with van der Waals surface area (Å²) in [6, 6.07) is 6.51. The lowest BCUT2D eigenvalue weighted by Crippen LogP contribution is -2.01. The van der Waals surface area contributed by atoms with Gasteiger partial charge in [-0.1, -0.05) is 17.7 Å². The zero-order valence-electron chi connectivity index (χ0n) is 10.4. The van der Waals surface area contributed by atoms with Crippen LogP contribution in [-0.4, -0.2) is 16.2 Å². The zero-order chi connectivity index (χ0) is 15.6. The van der Waals surface area contributed by atoms with Crippen molar-refractivity contribution in [2.75, 3.05) is 0 Å². The molecule has 0 saturated heterocycles. The van der Waals surface area contributed by atoms with Gasteiger partial charge in [0.15, 0.2) is 0 Å². The van der Waals surface area contributed by atoms with Crippen LogP contribution in [0.25, 0.3) is 0 Å². The summed E-state index contributed by atoms with van der Waals surface area (Å²) in [5.41, 5.74) is 0.267. The van der Waals surface area contributed by atoms with E-state index >= 15 is 0 Å². The van der Waals surface area contributed by atoms with Gasteiger partial charge in [-0.15, -0.1) is 0 Å². The molecule has 0 aliphatic heterocycles.